The number of benzene rings is 2. The summed E-state index contributed by atoms with van der Waals surface area (Å²) in [5.74, 6) is 0.0979. The Bertz CT molecular complexity index is 1410. The van der Waals surface area contributed by atoms with Gasteiger partial charge in [0.25, 0.3) is 5.91 Å². The molecule has 1 atom stereocenters. The lowest BCUT2D eigenvalue weighted by atomic mass is 10.1. The number of aryl methyl sites for hydroxylation is 2. The van der Waals surface area contributed by atoms with E-state index in [-0.39, 0.29) is 29.8 Å². The molecule has 0 radical (unpaired) electrons. The largest absolute Gasteiger partial charge is 0.479 e. The topological polar surface area (TPSA) is 112 Å². The van der Waals surface area contributed by atoms with Gasteiger partial charge in [-0.2, -0.15) is 4.31 Å². The van der Waals surface area contributed by atoms with Crippen molar-refractivity contribution in [3.05, 3.63) is 53.7 Å². The average Bonchev–Trinajstić information content (AvgIpc) is 3.26. The van der Waals surface area contributed by atoms with Crippen LogP contribution in [0.15, 0.2) is 47.5 Å². The van der Waals surface area contributed by atoms with Gasteiger partial charge in [0.05, 0.1) is 10.6 Å². The molecule has 0 unspecified atom stereocenters. The number of hydrogen-bond acceptors (Lipinski definition) is 5. The summed E-state index contributed by atoms with van der Waals surface area (Å²) >= 11 is 0. The Labute approximate surface area is 204 Å². The van der Waals surface area contributed by atoms with Gasteiger partial charge in [-0.05, 0) is 43.5 Å². The number of sulfonamides is 1. The monoisotopic (exact) mass is 496 g/mol. The van der Waals surface area contributed by atoms with Gasteiger partial charge in [-0.15, -0.1) is 0 Å². The molecular weight excluding hydrogens is 468 g/mol. The van der Waals surface area contributed by atoms with E-state index in [0.29, 0.717) is 42.9 Å². The highest BCUT2D eigenvalue weighted by atomic mass is 32.2. The maximum absolute atomic E-state index is 13.4. The highest BCUT2D eigenvalue weighted by molar-refractivity contribution is 7.89. The van der Waals surface area contributed by atoms with Gasteiger partial charge in [-0.1, -0.05) is 18.2 Å². The maximum atomic E-state index is 13.4. The van der Waals surface area contributed by atoms with Crippen molar-refractivity contribution in [3.8, 4) is 5.75 Å². The summed E-state index contributed by atoms with van der Waals surface area (Å²) in [6.07, 6.45) is 2.25. The summed E-state index contributed by atoms with van der Waals surface area (Å²) in [5.41, 5.74) is 3.15. The van der Waals surface area contributed by atoms with Crippen LogP contribution < -0.4 is 10.1 Å². The van der Waals surface area contributed by atoms with E-state index in [1.54, 1.807) is 24.8 Å². The fourth-order valence-corrected chi connectivity index (χ4v) is 6.32. The van der Waals surface area contributed by atoms with Gasteiger partial charge in [-0.25, -0.2) is 8.42 Å². The molecule has 35 heavy (non-hydrogen) atoms. The molecular formula is C25H28N4O5S. The quantitative estimate of drug-likeness (QED) is 0.564. The summed E-state index contributed by atoms with van der Waals surface area (Å²) in [7, 11) is -3.78. The minimum atomic E-state index is -3.78. The minimum absolute atomic E-state index is 0.0235. The van der Waals surface area contributed by atoms with Crippen LogP contribution in [0, 0.1) is 6.92 Å². The Hall–Kier alpha value is -3.37. The first-order valence-corrected chi connectivity index (χ1v) is 13.1. The number of carbonyl (C=O) groups is 2. The van der Waals surface area contributed by atoms with Gasteiger partial charge in [0, 0.05) is 55.8 Å². The van der Waals surface area contributed by atoms with Crippen LogP contribution in [0.5, 0.6) is 5.75 Å². The zero-order chi connectivity index (χ0) is 24.7. The summed E-state index contributed by atoms with van der Waals surface area (Å²) in [5, 5.41) is 3.86. The number of rotatable bonds is 5. The summed E-state index contributed by atoms with van der Waals surface area (Å²) in [6, 6.07) is 11.1. The number of ether oxygens (including phenoxy) is 1. The second-order valence-electron chi connectivity index (χ2n) is 9.01. The van der Waals surface area contributed by atoms with Crippen LogP contribution in [0.25, 0.3) is 10.9 Å². The van der Waals surface area contributed by atoms with Crippen LogP contribution in [0.1, 0.15) is 24.5 Å². The van der Waals surface area contributed by atoms with Crippen molar-refractivity contribution in [2.75, 3.05) is 31.5 Å². The molecule has 10 heteroatoms. The zero-order valence-corrected chi connectivity index (χ0v) is 20.5. The maximum Gasteiger partial charge on any atom is 0.265 e. The fourth-order valence-electron chi connectivity index (χ4n) is 4.68. The lowest BCUT2D eigenvalue weighted by Crippen LogP contribution is -2.50. The van der Waals surface area contributed by atoms with E-state index in [9.17, 15) is 18.0 Å². The van der Waals surface area contributed by atoms with Gasteiger partial charge in [0.15, 0.2) is 6.10 Å². The van der Waals surface area contributed by atoms with E-state index < -0.39 is 16.1 Å². The number of H-pyrrole nitrogens is 1. The second-order valence-corrected chi connectivity index (χ2v) is 10.9. The molecule has 9 nitrogen and oxygen atoms in total. The Morgan fingerprint density at radius 3 is 2.66 bits per heavy atom. The van der Waals surface area contributed by atoms with Gasteiger partial charge < -0.3 is 19.9 Å². The summed E-state index contributed by atoms with van der Waals surface area (Å²) in [6.45, 7) is 4.46. The molecule has 3 aromatic rings. The van der Waals surface area contributed by atoms with Crippen molar-refractivity contribution in [3.63, 3.8) is 0 Å². The van der Waals surface area contributed by atoms with Gasteiger partial charge in [0.1, 0.15) is 5.75 Å². The number of piperazine rings is 1. The predicted molar refractivity (Wildman–Crippen MR) is 132 cm³/mol. The van der Waals surface area contributed by atoms with E-state index in [1.165, 1.54) is 10.4 Å². The average molecular weight is 497 g/mol. The number of carbonyl (C=O) groups excluding carboxylic acids is 2. The van der Waals surface area contributed by atoms with Crippen molar-refractivity contribution in [1.29, 1.82) is 0 Å². The normalized spacial score (nSPS) is 18.7. The lowest BCUT2D eigenvalue weighted by molar-refractivity contribution is -0.132. The van der Waals surface area contributed by atoms with Crippen molar-refractivity contribution in [2.45, 2.75) is 37.7 Å². The third-order valence-corrected chi connectivity index (χ3v) is 8.74. The molecule has 0 aliphatic carbocycles. The van der Waals surface area contributed by atoms with Crippen LogP contribution in [0.3, 0.4) is 0 Å². The first-order valence-electron chi connectivity index (χ1n) is 11.7. The van der Waals surface area contributed by atoms with Crippen molar-refractivity contribution in [2.24, 2.45) is 0 Å². The Morgan fingerprint density at radius 2 is 1.89 bits per heavy atom. The molecule has 184 valence electrons. The predicted octanol–water partition coefficient (Wildman–Crippen LogP) is 2.66. The van der Waals surface area contributed by atoms with Crippen LogP contribution >= 0.6 is 0 Å². The third kappa shape index (κ3) is 4.39. The Balaban J connectivity index is 1.23. The van der Waals surface area contributed by atoms with Crippen LogP contribution in [0.2, 0.25) is 0 Å². The van der Waals surface area contributed by atoms with Crippen molar-refractivity contribution in [1.82, 2.24) is 14.2 Å². The molecule has 3 heterocycles. The van der Waals surface area contributed by atoms with E-state index in [0.717, 1.165) is 16.5 Å². The van der Waals surface area contributed by atoms with Crippen LogP contribution in [-0.4, -0.2) is 66.7 Å². The minimum Gasteiger partial charge on any atom is -0.479 e. The van der Waals surface area contributed by atoms with Crippen LogP contribution in [0.4, 0.5) is 5.69 Å². The van der Waals surface area contributed by atoms with Gasteiger partial charge >= 0.3 is 0 Å². The molecule has 5 rings (SSSR count). The number of hydrogen-bond donors (Lipinski definition) is 2. The highest BCUT2D eigenvalue weighted by Crippen LogP contribution is 2.35. The lowest BCUT2D eigenvalue weighted by Gasteiger charge is -2.34. The molecule has 0 spiro atoms. The van der Waals surface area contributed by atoms with Gasteiger partial charge in [0.2, 0.25) is 15.9 Å². The molecule has 2 N–H and O–H groups in total. The van der Waals surface area contributed by atoms with E-state index >= 15 is 0 Å². The number of para-hydroxylation sites is 1. The Morgan fingerprint density at radius 1 is 1.14 bits per heavy atom. The SMILES string of the molecule is Cc1cc2c(cc1S(=O)(=O)N1CCN(C(=O)CCc3c[nH]c4ccccc34)CC1)O[C@@H](C)C(=O)N2. The molecule has 1 fully saturated rings. The number of fused-ring (bicyclic) bond motifs is 2. The molecule has 2 aromatic carbocycles. The van der Waals surface area contributed by atoms with E-state index in [1.807, 2.05) is 30.5 Å². The molecule has 2 amide bonds. The third-order valence-electron chi connectivity index (χ3n) is 6.70. The zero-order valence-electron chi connectivity index (χ0n) is 19.7. The molecule has 2 aliphatic rings. The highest BCUT2D eigenvalue weighted by Gasteiger charge is 2.33. The second kappa shape index (κ2) is 9.01. The number of nitrogens with one attached hydrogen (secondary N) is 2. The van der Waals surface area contributed by atoms with E-state index in [2.05, 4.69) is 10.3 Å². The molecule has 0 bridgehead atoms. The molecule has 1 saturated heterocycles. The number of aromatic nitrogens is 1. The van der Waals surface area contributed by atoms with Crippen LogP contribution in [-0.2, 0) is 26.0 Å². The first kappa shape index (κ1) is 23.4. The van der Waals surface area contributed by atoms with Crippen molar-refractivity contribution < 1.29 is 22.7 Å². The molecule has 1 aromatic heterocycles. The standard InChI is InChI=1S/C25H28N4O5S/c1-16-13-21-22(34-17(2)25(31)27-21)14-23(16)35(32,33)29-11-9-28(10-12-29)24(30)8-7-18-15-26-20-6-4-3-5-19(18)20/h3-6,13-15,17,26H,7-12H2,1-2H3,(H,27,31)/t17-/m0/s1. The fraction of sp³-hybridized carbons (Fsp3) is 0.360. The Kier molecular flexibility index (Phi) is 6.02. The molecule has 0 saturated carbocycles. The van der Waals surface area contributed by atoms with Crippen molar-refractivity contribution >= 4 is 38.4 Å². The smallest absolute Gasteiger partial charge is 0.265 e. The number of nitrogens with zero attached hydrogens (tertiary/aromatic N) is 2. The molecule has 2 aliphatic heterocycles. The number of amides is 2. The number of aromatic amines is 1. The van der Waals surface area contributed by atoms with E-state index in [4.69, 9.17) is 4.74 Å². The summed E-state index contributed by atoms with van der Waals surface area (Å²) in [4.78, 5) is 29.8. The van der Waals surface area contributed by atoms with Gasteiger partial charge in [-0.3, -0.25) is 9.59 Å². The number of anilines is 1. The summed E-state index contributed by atoms with van der Waals surface area (Å²) < 4.78 is 33.8. The first-order chi connectivity index (χ1) is 16.7.